The number of rotatable bonds is 18. The summed E-state index contributed by atoms with van der Waals surface area (Å²) in [4.78, 5) is 64.4. The summed E-state index contributed by atoms with van der Waals surface area (Å²) in [5.74, 6) is -5.81. The molecule has 0 unspecified atom stereocenters. The van der Waals surface area contributed by atoms with Gasteiger partial charge in [-0.1, -0.05) is 12.1 Å². The molecule has 2 aromatic rings. The second-order valence-electron chi connectivity index (χ2n) is 14.0. The second kappa shape index (κ2) is 20.9. The van der Waals surface area contributed by atoms with E-state index in [4.69, 9.17) is 0 Å². The number of benzene rings is 2. The zero-order chi connectivity index (χ0) is 41.2. The van der Waals surface area contributed by atoms with Gasteiger partial charge in [-0.15, -0.1) is 0 Å². The van der Waals surface area contributed by atoms with E-state index in [2.05, 4.69) is 26.6 Å². The Balaban J connectivity index is 0.0000108. The number of aromatic hydroxyl groups is 3. The number of amides is 5. The van der Waals surface area contributed by atoms with Crippen molar-refractivity contribution >= 4 is 35.2 Å². The van der Waals surface area contributed by atoms with Gasteiger partial charge < -0.3 is 84.9 Å². The van der Waals surface area contributed by atoms with E-state index in [0.29, 0.717) is 12.1 Å². The van der Waals surface area contributed by atoms with Crippen molar-refractivity contribution in [2.24, 2.45) is 0 Å². The van der Waals surface area contributed by atoms with Crippen LogP contribution in [0.15, 0.2) is 36.4 Å². The van der Waals surface area contributed by atoms with Crippen molar-refractivity contribution in [3.05, 3.63) is 47.5 Å². The fourth-order valence-corrected chi connectivity index (χ4v) is 6.19. The maximum absolute atomic E-state index is 13.1. The maximum atomic E-state index is 13.1. The minimum atomic E-state index is -1.72. The second-order valence-corrected chi connectivity index (χ2v) is 14.0. The van der Waals surface area contributed by atoms with Crippen LogP contribution in [-0.4, -0.2) is 164 Å². The van der Waals surface area contributed by atoms with Gasteiger partial charge >= 0.3 is 0 Å². The van der Waals surface area contributed by atoms with E-state index in [0.717, 1.165) is 12.6 Å². The normalized spacial score (nSPS) is 18.2. The summed E-state index contributed by atoms with van der Waals surface area (Å²) in [5, 5.41) is 102. The molecule has 20 nitrogen and oxygen atoms in total. The number of hydrogen-bond donors (Lipinski definition) is 14. The number of phenolic OH excluding ortho intramolecular Hbond substituents is 3. The number of nitrogens with one attached hydrogen (secondary N) is 5. The van der Waals surface area contributed by atoms with Gasteiger partial charge in [-0.3, -0.25) is 28.5 Å². The highest BCUT2D eigenvalue weighted by Crippen LogP contribution is 2.38. The molecule has 14 N–H and O–H groups in total. The molecule has 0 bridgehead atoms. The topological polar surface area (TPSA) is 328 Å². The number of aliphatic hydroxyl groups excluding tert-OH is 6. The van der Waals surface area contributed by atoms with Gasteiger partial charge in [0, 0.05) is 24.5 Å². The summed E-state index contributed by atoms with van der Waals surface area (Å²) in [6.45, 7) is -1.15. The number of nitrogens with zero attached hydrogens (tertiary/aromatic N) is 1. The molecule has 21 heteroatoms. The number of para-hydroxylation sites is 1. The fourth-order valence-electron chi connectivity index (χ4n) is 6.19. The van der Waals surface area contributed by atoms with Crippen molar-refractivity contribution in [2.45, 2.75) is 74.7 Å². The van der Waals surface area contributed by atoms with Crippen molar-refractivity contribution in [2.75, 3.05) is 40.5 Å². The van der Waals surface area contributed by atoms with Crippen LogP contribution in [0.1, 0.15) is 35.7 Å². The predicted molar refractivity (Wildman–Crippen MR) is 193 cm³/mol. The molecule has 0 fully saturated rings. The summed E-state index contributed by atoms with van der Waals surface area (Å²) >= 11 is 0. The van der Waals surface area contributed by atoms with Crippen LogP contribution in [0.5, 0.6) is 17.2 Å². The van der Waals surface area contributed by atoms with Crippen LogP contribution in [0.2, 0.25) is 0 Å². The van der Waals surface area contributed by atoms with Gasteiger partial charge in [0.05, 0.1) is 76.3 Å². The molecule has 0 saturated carbocycles. The minimum Gasteiger partial charge on any atom is -1.00 e. The average molecular weight is 815 g/mol. The molecule has 56 heavy (non-hydrogen) atoms. The van der Waals surface area contributed by atoms with E-state index in [1.54, 1.807) is 0 Å². The Bertz CT molecular complexity index is 1700. The molecule has 3 rings (SSSR count). The Labute approximate surface area is 328 Å². The minimum absolute atomic E-state index is 0. The van der Waals surface area contributed by atoms with Crippen LogP contribution in [0.3, 0.4) is 0 Å². The molecule has 0 aromatic heterocycles. The zero-order valence-electron chi connectivity index (χ0n) is 30.9. The quantitative estimate of drug-likeness (QED) is 0.0492. The zero-order valence-corrected chi connectivity index (χ0v) is 31.7. The first-order chi connectivity index (χ1) is 25.8. The van der Waals surface area contributed by atoms with Gasteiger partial charge in [0.1, 0.15) is 36.1 Å². The molecule has 0 saturated heterocycles. The van der Waals surface area contributed by atoms with Gasteiger partial charge in [0.25, 0.3) is 5.91 Å². The molecular formula is C35H51ClN6O14. The van der Waals surface area contributed by atoms with Crippen LogP contribution < -0.4 is 43.5 Å². The first-order valence-electron chi connectivity index (χ1n) is 17.4. The molecule has 2 aromatic carbocycles. The number of halogens is 1. The standard InChI is InChI=1S/C35H50N6O14.ClH/c1-17(45)31(40-30(51)11-20(46)10-27(48)22(14-42)37-32(52)21-6-4-5-7-26(21)47)35(55)39-24(16-44)34(54)38-23(15-43)33(53)36-19-8-18-9-28(49)29(50)12-25(18)41(2,3)13-19;/h4-7,9,12,17,19-20,22-24,27,31,42-46,48H,8,10-11,13-16H2,1-3H3,(H7-,36,37,38,39,40,47,49,50,51,52,53,54,55);1H/t17-,19+,20-,22+,23+,24-,27+,31+;/m1./s1. The summed E-state index contributed by atoms with van der Waals surface area (Å²) in [5.41, 5.74) is 1.24. The molecule has 312 valence electrons. The third-order valence-corrected chi connectivity index (χ3v) is 9.09. The van der Waals surface area contributed by atoms with Gasteiger partial charge in [-0.05, 0) is 25.1 Å². The predicted octanol–water partition coefficient (Wildman–Crippen LogP) is -7.47. The summed E-state index contributed by atoms with van der Waals surface area (Å²) in [6, 6.07) is 1.56. The Hall–Kier alpha value is -4.80. The summed E-state index contributed by atoms with van der Waals surface area (Å²) in [6.07, 6.45) is -5.70. The van der Waals surface area contributed by atoms with E-state index < -0.39 is 111 Å². The molecule has 0 radical (unpaired) electrons. The van der Waals surface area contributed by atoms with E-state index in [9.17, 15) is 69.9 Å². The Kier molecular flexibility index (Phi) is 17.7. The smallest absolute Gasteiger partial charge is 0.255 e. The van der Waals surface area contributed by atoms with E-state index in [-0.39, 0.29) is 46.1 Å². The Morgan fingerprint density at radius 3 is 1.96 bits per heavy atom. The highest BCUT2D eigenvalue weighted by molar-refractivity contribution is 5.97. The monoisotopic (exact) mass is 814 g/mol. The Morgan fingerprint density at radius 1 is 0.786 bits per heavy atom. The number of aliphatic hydroxyl groups is 6. The van der Waals surface area contributed by atoms with E-state index in [1.807, 2.05) is 14.1 Å². The van der Waals surface area contributed by atoms with Gasteiger partial charge in [0.2, 0.25) is 23.6 Å². The number of carbonyl (C=O) groups is 5. The number of quaternary nitrogens is 1. The SMILES string of the molecule is C[C@@H](O)[C@H](NC(=O)C[C@H](O)C[C@H](O)[C@H](CO)NC(=O)c1ccccc1O)C(=O)N[C@H](CO)C(=O)N[C@@H](CO)C(=O)N[C@H]1Cc2cc(O)c(O)cc2[N+](C)(C)C1.[Cl-]. The van der Waals surface area contributed by atoms with Gasteiger partial charge in [-0.25, -0.2) is 0 Å². The van der Waals surface area contributed by atoms with Crippen molar-refractivity contribution in [3.8, 4) is 17.2 Å². The number of hydrogen-bond acceptors (Lipinski definition) is 14. The largest absolute Gasteiger partial charge is 1.00 e. The van der Waals surface area contributed by atoms with Crippen LogP contribution in [0, 0.1) is 0 Å². The fraction of sp³-hybridized carbons (Fsp3) is 0.514. The highest BCUT2D eigenvalue weighted by Gasteiger charge is 2.37. The lowest BCUT2D eigenvalue weighted by Crippen LogP contribution is -3.00. The molecule has 0 spiro atoms. The van der Waals surface area contributed by atoms with Crippen molar-refractivity contribution < 1.29 is 82.3 Å². The molecule has 0 aliphatic carbocycles. The van der Waals surface area contributed by atoms with Crippen molar-refractivity contribution in [1.82, 2.24) is 31.1 Å². The third-order valence-electron chi connectivity index (χ3n) is 9.09. The van der Waals surface area contributed by atoms with Gasteiger partial charge in [0.15, 0.2) is 11.5 Å². The lowest BCUT2D eigenvalue weighted by molar-refractivity contribution is -0.136. The summed E-state index contributed by atoms with van der Waals surface area (Å²) < 4.78 is 0.219. The lowest BCUT2D eigenvalue weighted by atomic mass is 9.95. The highest BCUT2D eigenvalue weighted by atomic mass is 35.5. The number of fused-ring (bicyclic) bond motifs is 1. The maximum Gasteiger partial charge on any atom is 0.255 e. The van der Waals surface area contributed by atoms with Crippen LogP contribution >= 0.6 is 0 Å². The van der Waals surface area contributed by atoms with Gasteiger partial charge in [-0.2, -0.15) is 0 Å². The Morgan fingerprint density at radius 2 is 1.38 bits per heavy atom. The molecule has 8 atom stereocenters. The average Bonchev–Trinajstić information content (AvgIpc) is 3.10. The van der Waals surface area contributed by atoms with Crippen LogP contribution in [-0.2, 0) is 25.6 Å². The number of likely N-dealkylation sites (N-methyl/N-ethyl adjacent to an activating group) is 1. The molecule has 5 amide bonds. The first-order valence-corrected chi connectivity index (χ1v) is 17.4. The molecule has 1 aliphatic rings. The van der Waals surface area contributed by atoms with Crippen molar-refractivity contribution in [3.63, 3.8) is 0 Å². The molecular weight excluding hydrogens is 764 g/mol. The summed E-state index contributed by atoms with van der Waals surface area (Å²) in [7, 11) is 3.64. The molecule has 1 aliphatic heterocycles. The van der Waals surface area contributed by atoms with Crippen molar-refractivity contribution in [1.29, 1.82) is 0 Å². The first kappa shape index (κ1) is 47.4. The van der Waals surface area contributed by atoms with E-state index in [1.165, 1.54) is 36.4 Å². The van der Waals surface area contributed by atoms with Crippen LogP contribution in [0.4, 0.5) is 5.69 Å². The third kappa shape index (κ3) is 12.6. The number of phenols is 3. The van der Waals surface area contributed by atoms with Crippen LogP contribution in [0.25, 0.3) is 0 Å². The lowest BCUT2D eigenvalue weighted by Gasteiger charge is -2.39. The molecule has 1 heterocycles. The van der Waals surface area contributed by atoms with E-state index >= 15 is 0 Å². The number of carbonyl (C=O) groups excluding carboxylic acids is 5.